The van der Waals surface area contributed by atoms with Crippen molar-refractivity contribution in [3.05, 3.63) is 18.7 Å². The fraction of sp³-hybridized carbons (Fsp3) is 0.600. The van der Waals surface area contributed by atoms with Gasteiger partial charge < -0.3 is 4.57 Å². The van der Waals surface area contributed by atoms with Gasteiger partial charge in [0.25, 0.3) is 0 Å². The summed E-state index contributed by atoms with van der Waals surface area (Å²) in [5.41, 5.74) is -0.288. The summed E-state index contributed by atoms with van der Waals surface area (Å²) in [6.07, 6.45) is 5.18. The SMILES string of the molecule is CC(C(=O)C(C)(C)C)n1ccnc1. The summed E-state index contributed by atoms with van der Waals surface area (Å²) < 4.78 is 1.83. The molecule has 0 N–H and O–H groups in total. The number of carbonyl (C=O) groups is 1. The Bertz CT molecular complexity index is 282. The van der Waals surface area contributed by atoms with Gasteiger partial charge in [-0.1, -0.05) is 20.8 Å². The maximum atomic E-state index is 11.8. The van der Waals surface area contributed by atoms with Gasteiger partial charge in [-0.15, -0.1) is 0 Å². The maximum absolute atomic E-state index is 11.8. The van der Waals surface area contributed by atoms with Crippen LogP contribution in [0.15, 0.2) is 18.7 Å². The van der Waals surface area contributed by atoms with Crippen molar-refractivity contribution in [2.45, 2.75) is 33.7 Å². The summed E-state index contributed by atoms with van der Waals surface area (Å²) in [5.74, 6) is 0.227. The van der Waals surface area contributed by atoms with Gasteiger partial charge in [-0.3, -0.25) is 4.79 Å². The second-order valence-corrected chi connectivity index (χ2v) is 4.30. The van der Waals surface area contributed by atoms with Gasteiger partial charge in [0, 0.05) is 17.8 Å². The van der Waals surface area contributed by atoms with Gasteiger partial charge in [-0.25, -0.2) is 4.98 Å². The molecule has 13 heavy (non-hydrogen) atoms. The molecule has 1 aromatic rings. The molecule has 1 aromatic heterocycles. The Labute approximate surface area is 78.8 Å². The number of Topliss-reactive ketones (excluding diaryl/α,β-unsaturated/α-hetero) is 1. The molecular weight excluding hydrogens is 164 g/mol. The van der Waals surface area contributed by atoms with E-state index < -0.39 is 0 Å². The third-order valence-electron chi connectivity index (χ3n) is 2.09. The van der Waals surface area contributed by atoms with Crippen molar-refractivity contribution < 1.29 is 4.79 Å². The molecular formula is C10H16N2O. The van der Waals surface area contributed by atoms with Crippen LogP contribution in [-0.4, -0.2) is 15.3 Å². The van der Waals surface area contributed by atoms with Crippen LogP contribution in [0.2, 0.25) is 0 Å². The molecule has 0 bridgehead atoms. The number of ketones is 1. The van der Waals surface area contributed by atoms with E-state index in [1.54, 1.807) is 12.5 Å². The Balaban J connectivity index is 2.81. The van der Waals surface area contributed by atoms with Crippen LogP contribution in [0.1, 0.15) is 33.7 Å². The molecule has 1 heterocycles. The lowest BCUT2D eigenvalue weighted by atomic mass is 9.87. The minimum Gasteiger partial charge on any atom is -0.327 e. The van der Waals surface area contributed by atoms with E-state index in [1.807, 2.05) is 38.5 Å². The number of hydrogen-bond donors (Lipinski definition) is 0. The quantitative estimate of drug-likeness (QED) is 0.698. The molecule has 0 aliphatic rings. The predicted octanol–water partition coefficient (Wildman–Crippen LogP) is 2.06. The smallest absolute Gasteiger partial charge is 0.160 e. The van der Waals surface area contributed by atoms with Crippen LogP contribution in [0.4, 0.5) is 0 Å². The Hall–Kier alpha value is -1.12. The molecule has 72 valence electrons. The van der Waals surface area contributed by atoms with Crippen molar-refractivity contribution in [2.24, 2.45) is 5.41 Å². The molecule has 0 radical (unpaired) electrons. The standard InChI is InChI=1S/C10H16N2O/c1-8(9(13)10(2,3)4)12-6-5-11-7-12/h5-8H,1-4H3. The Morgan fingerprint density at radius 2 is 2.08 bits per heavy atom. The van der Waals surface area contributed by atoms with Gasteiger partial charge >= 0.3 is 0 Å². The average Bonchev–Trinajstić information content (AvgIpc) is 2.51. The van der Waals surface area contributed by atoms with Gasteiger partial charge in [0.2, 0.25) is 0 Å². The Morgan fingerprint density at radius 3 is 2.46 bits per heavy atom. The van der Waals surface area contributed by atoms with Gasteiger partial charge in [0.1, 0.15) is 0 Å². The maximum Gasteiger partial charge on any atom is 0.160 e. The molecule has 1 rings (SSSR count). The first-order valence-electron chi connectivity index (χ1n) is 4.44. The van der Waals surface area contributed by atoms with Crippen LogP contribution in [0.5, 0.6) is 0 Å². The van der Waals surface area contributed by atoms with Crippen LogP contribution in [0.3, 0.4) is 0 Å². The molecule has 0 aliphatic heterocycles. The fourth-order valence-corrected chi connectivity index (χ4v) is 1.26. The minimum atomic E-state index is -0.288. The first-order valence-corrected chi connectivity index (χ1v) is 4.44. The molecule has 0 spiro atoms. The summed E-state index contributed by atoms with van der Waals surface area (Å²) in [6.45, 7) is 7.70. The van der Waals surface area contributed by atoms with Crippen LogP contribution >= 0.6 is 0 Å². The van der Waals surface area contributed by atoms with E-state index in [0.29, 0.717) is 0 Å². The summed E-state index contributed by atoms with van der Waals surface area (Å²) in [6, 6.07) is -0.123. The van der Waals surface area contributed by atoms with Gasteiger partial charge in [-0.2, -0.15) is 0 Å². The zero-order valence-corrected chi connectivity index (χ0v) is 8.61. The predicted molar refractivity (Wildman–Crippen MR) is 51.4 cm³/mol. The molecule has 0 amide bonds. The second kappa shape index (κ2) is 3.32. The lowest BCUT2D eigenvalue weighted by molar-refractivity contribution is -0.129. The normalized spacial score (nSPS) is 14.2. The largest absolute Gasteiger partial charge is 0.327 e. The summed E-state index contributed by atoms with van der Waals surface area (Å²) >= 11 is 0. The third kappa shape index (κ3) is 2.17. The summed E-state index contributed by atoms with van der Waals surface area (Å²) in [4.78, 5) is 15.7. The van der Waals surface area contributed by atoms with E-state index in [4.69, 9.17) is 0 Å². The molecule has 3 nitrogen and oxygen atoms in total. The van der Waals surface area contributed by atoms with Gasteiger partial charge in [0.05, 0.1) is 12.4 Å². The highest BCUT2D eigenvalue weighted by molar-refractivity contribution is 5.87. The number of hydrogen-bond acceptors (Lipinski definition) is 2. The lowest BCUT2D eigenvalue weighted by Crippen LogP contribution is -2.28. The number of carbonyl (C=O) groups excluding carboxylic acids is 1. The minimum absolute atomic E-state index is 0.123. The van der Waals surface area contributed by atoms with E-state index >= 15 is 0 Å². The average molecular weight is 180 g/mol. The molecule has 0 aromatic carbocycles. The van der Waals surface area contributed by atoms with Crippen molar-refractivity contribution in [2.75, 3.05) is 0 Å². The summed E-state index contributed by atoms with van der Waals surface area (Å²) in [7, 11) is 0. The van der Waals surface area contributed by atoms with Crippen LogP contribution in [0.25, 0.3) is 0 Å². The zero-order valence-electron chi connectivity index (χ0n) is 8.61. The Kier molecular flexibility index (Phi) is 2.55. The number of aromatic nitrogens is 2. The van der Waals surface area contributed by atoms with Crippen molar-refractivity contribution >= 4 is 5.78 Å². The molecule has 3 heteroatoms. The van der Waals surface area contributed by atoms with E-state index in [2.05, 4.69) is 4.98 Å². The van der Waals surface area contributed by atoms with Crippen LogP contribution in [-0.2, 0) is 4.79 Å². The van der Waals surface area contributed by atoms with E-state index in [9.17, 15) is 4.79 Å². The van der Waals surface area contributed by atoms with Crippen LogP contribution in [0, 0.1) is 5.41 Å². The van der Waals surface area contributed by atoms with E-state index in [-0.39, 0.29) is 17.2 Å². The monoisotopic (exact) mass is 180 g/mol. The van der Waals surface area contributed by atoms with Gasteiger partial charge in [0.15, 0.2) is 5.78 Å². The number of imidazole rings is 1. The van der Waals surface area contributed by atoms with Crippen molar-refractivity contribution in [3.63, 3.8) is 0 Å². The van der Waals surface area contributed by atoms with Crippen molar-refractivity contribution in [1.82, 2.24) is 9.55 Å². The zero-order chi connectivity index (χ0) is 10.1. The first-order chi connectivity index (χ1) is 5.93. The third-order valence-corrected chi connectivity index (χ3v) is 2.09. The fourth-order valence-electron chi connectivity index (χ4n) is 1.26. The molecule has 1 unspecified atom stereocenters. The lowest BCUT2D eigenvalue weighted by Gasteiger charge is -2.22. The highest BCUT2D eigenvalue weighted by atomic mass is 16.1. The van der Waals surface area contributed by atoms with Crippen molar-refractivity contribution in [1.29, 1.82) is 0 Å². The molecule has 0 saturated carbocycles. The molecule has 1 atom stereocenters. The highest BCUT2D eigenvalue weighted by Gasteiger charge is 2.27. The van der Waals surface area contributed by atoms with Crippen molar-refractivity contribution in [3.8, 4) is 0 Å². The van der Waals surface area contributed by atoms with E-state index in [0.717, 1.165) is 0 Å². The first kappa shape index (κ1) is 9.96. The number of nitrogens with zero attached hydrogens (tertiary/aromatic N) is 2. The summed E-state index contributed by atoms with van der Waals surface area (Å²) in [5, 5.41) is 0. The Morgan fingerprint density at radius 1 is 1.46 bits per heavy atom. The molecule has 0 fully saturated rings. The van der Waals surface area contributed by atoms with Crippen LogP contribution < -0.4 is 0 Å². The number of rotatable bonds is 2. The highest BCUT2D eigenvalue weighted by Crippen LogP contribution is 2.22. The second-order valence-electron chi connectivity index (χ2n) is 4.30. The molecule has 0 saturated heterocycles. The topological polar surface area (TPSA) is 34.9 Å². The van der Waals surface area contributed by atoms with Gasteiger partial charge in [-0.05, 0) is 6.92 Å². The van der Waals surface area contributed by atoms with E-state index in [1.165, 1.54) is 0 Å². The molecule has 0 aliphatic carbocycles.